The molecule has 4 N–H and O–H groups in total. The second-order valence-electron chi connectivity index (χ2n) is 5.13. The topological polar surface area (TPSA) is 92.4 Å². The number of amides is 2. The van der Waals surface area contributed by atoms with Crippen molar-refractivity contribution in [1.82, 2.24) is 5.32 Å². The van der Waals surface area contributed by atoms with Gasteiger partial charge in [0, 0.05) is 23.2 Å². The molecule has 1 unspecified atom stereocenters. The van der Waals surface area contributed by atoms with Gasteiger partial charge in [0.05, 0.1) is 6.10 Å². The Bertz CT molecular complexity index is 740. The summed E-state index contributed by atoms with van der Waals surface area (Å²) in [7, 11) is 0. The van der Waals surface area contributed by atoms with Gasteiger partial charge in [-0.15, -0.1) is 0 Å². The maximum atomic E-state index is 11.8. The smallest absolute Gasteiger partial charge is 0.248 e. The summed E-state index contributed by atoms with van der Waals surface area (Å²) in [5.74, 6) is -0.832. The molecule has 1 atom stereocenters. The van der Waals surface area contributed by atoms with E-state index in [9.17, 15) is 14.7 Å². The first-order chi connectivity index (χ1) is 11.5. The fourth-order valence-corrected chi connectivity index (χ4v) is 2.12. The summed E-state index contributed by atoms with van der Waals surface area (Å²) >= 11 is 5.78. The average Bonchev–Trinajstić information content (AvgIpc) is 2.58. The number of rotatable bonds is 6. The molecule has 0 fully saturated rings. The maximum absolute atomic E-state index is 11.8. The molecule has 0 bridgehead atoms. The highest BCUT2D eigenvalue weighted by Gasteiger charge is 2.08. The van der Waals surface area contributed by atoms with Gasteiger partial charge in [0.15, 0.2) is 0 Å². The first kappa shape index (κ1) is 17.7. The zero-order valence-corrected chi connectivity index (χ0v) is 13.5. The summed E-state index contributed by atoms with van der Waals surface area (Å²) in [5.41, 5.74) is 6.99. The number of hydrogen-bond donors (Lipinski definition) is 3. The van der Waals surface area contributed by atoms with Crippen molar-refractivity contribution in [3.05, 3.63) is 76.3 Å². The molecule has 0 spiro atoms. The minimum absolute atomic E-state index is 0.0887. The Hall–Kier alpha value is -2.63. The highest BCUT2D eigenvalue weighted by molar-refractivity contribution is 6.30. The number of nitrogens with one attached hydrogen (secondary N) is 1. The van der Waals surface area contributed by atoms with E-state index in [1.54, 1.807) is 54.6 Å². The standard InChI is InChI=1S/C18H17ClN2O3/c19-15-8-6-13(7-9-15)16(22)11-21-17(23)10-3-12-1-4-14(5-2-12)18(20)24/h1-10,16,22H,11H2,(H2,20,24)(H,21,23)/b10-3+. The first-order valence-electron chi connectivity index (χ1n) is 7.25. The quantitative estimate of drug-likeness (QED) is 0.702. The van der Waals surface area contributed by atoms with Crippen LogP contribution in [0.3, 0.4) is 0 Å². The Morgan fingerprint density at radius 2 is 1.75 bits per heavy atom. The summed E-state index contributed by atoms with van der Waals surface area (Å²) in [6.45, 7) is 0.0887. The highest BCUT2D eigenvalue weighted by Crippen LogP contribution is 2.15. The third-order valence-corrected chi connectivity index (χ3v) is 3.60. The van der Waals surface area contributed by atoms with Crippen LogP contribution >= 0.6 is 11.6 Å². The van der Waals surface area contributed by atoms with Gasteiger partial charge in [-0.1, -0.05) is 35.9 Å². The lowest BCUT2D eigenvalue weighted by molar-refractivity contribution is -0.116. The molecule has 2 aromatic rings. The van der Waals surface area contributed by atoms with Gasteiger partial charge >= 0.3 is 0 Å². The van der Waals surface area contributed by atoms with Gasteiger partial charge in [-0.05, 0) is 41.5 Å². The van der Waals surface area contributed by atoms with E-state index in [4.69, 9.17) is 17.3 Å². The van der Waals surface area contributed by atoms with E-state index in [2.05, 4.69) is 5.32 Å². The van der Waals surface area contributed by atoms with Gasteiger partial charge in [-0.3, -0.25) is 9.59 Å². The zero-order valence-electron chi connectivity index (χ0n) is 12.8. The van der Waals surface area contributed by atoms with Crippen LogP contribution in [0.25, 0.3) is 6.08 Å². The molecular weight excluding hydrogens is 328 g/mol. The van der Waals surface area contributed by atoms with Crippen LogP contribution in [0, 0.1) is 0 Å². The van der Waals surface area contributed by atoms with Crippen LogP contribution in [0.4, 0.5) is 0 Å². The number of carbonyl (C=O) groups is 2. The van der Waals surface area contributed by atoms with E-state index in [0.29, 0.717) is 16.1 Å². The molecule has 0 aliphatic rings. The monoisotopic (exact) mass is 344 g/mol. The number of halogens is 1. The number of nitrogens with two attached hydrogens (primary N) is 1. The van der Waals surface area contributed by atoms with Crippen LogP contribution in [0.1, 0.15) is 27.6 Å². The number of carbonyl (C=O) groups excluding carboxylic acids is 2. The maximum Gasteiger partial charge on any atom is 0.248 e. The molecule has 24 heavy (non-hydrogen) atoms. The number of primary amides is 1. The number of hydrogen-bond acceptors (Lipinski definition) is 3. The van der Waals surface area contributed by atoms with E-state index in [1.807, 2.05) is 0 Å². The van der Waals surface area contributed by atoms with Crippen molar-refractivity contribution in [2.75, 3.05) is 6.54 Å². The molecular formula is C18H17ClN2O3. The molecule has 5 nitrogen and oxygen atoms in total. The molecule has 0 heterocycles. The summed E-state index contributed by atoms with van der Waals surface area (Å²) in [6, 6.07) is 13.3. The van der Waals surface area contributed by atoms with Crippen molar-refractivity contribution < 1.29 is 14.7 Å². The second kappa shape index (κ2) is 8.29. The fraction of sp³-hybridized carbons (Fsp3) is 0.111. The molecule has 0 radical (unpaired) electrons. The Kier molecular flexibility index (Phi) is 6.12. The highest BCUT2D eigenvalue weighted by atomic mass is 35.5. The Balaban J connectivity index is 1.86. The van der Waals surface area contributed by atoms with Crippen LogP contribution in [0.2, 0.25) is 5.02 Å². The van der Waals surface area contributed by atoms with Crippen LogP contribution in [-0.2, 0) is 4.79 Å². The van der Waals surface area contributed by atoms with Gasteiger partial charge in [-0.2, -0.15) is 0 Å². The first-order valence-corrected chi connectivity index (χ1v) is 7.63. The second-order valence-corrected chi connectivity index (χ2v) is 5.57. The molecule has 0 saturated carbocycles. The Morgan fingerprint density at radius 1 is 1.12 bits per heavy atom. The lowest BCUT2D eigenvalue weighted by atomic mass is 10.1. The predicted octanol–water partition coefficient (Wildman–Crippen LogP) is 2.30. The number of aliphatic hydroxyl groups is 1. The molecule has 2 amide bonds. The van der Waals surface area contributed by atoms with Crippen molar-refractivity contribution in [2.24, 2.45) is 5.73 Å². The van der Waals surface area contributed by atoms with Gasteiger partial charge in [0.25, 0.3) is 0 Å². The van der Waals surface area contributed by atoms with E-state index >= 15 is 0 Å². The minimum atomic E-state index is -0.811. The van der Waals surface area contributed by atoms with Gasteiger partial charge in [-0.25, -0.2) is 0 Å². The molecule has 0 aliphatic carbocycles. The van der Waals surface area contributed by atoms with Crippen molar-refractivity contribution in [1.29, 1.82) is 0 Å². The van der Waals surface area contributed by atoms with Crippen LogP contribution in [0.5, 0.6) is 0 Å². The van der Waals surface area contributed by atoms with E-state index in [-0.39, 0.29) is 12.5 Å². The molecule has 0 aromatic heterocycles. The molecule has 2 aromatic carbocycles. The fourth-order valence-electron chi connectivity index (χ4n) is 1.99. The third kappa shape index (κ3) is 5.22. The molecule has 2 rings (SSSR count). The SMILES string of the molecule is NC(=O)c1ccc(/C=C/C(=O)NCC(O)c2ccc(Cl)cc2)cc1. The van der Waals surface area contributed by atoms with Crippen LogP contribution in [0.15, 0.2) is 54.6 Å². The van der Waals surface area contributed by atoms with Gasteiger partial charge in [0.1, 0.15) is 0 Å². The molecule has 0 saturated heterocycles. The van der Waals surface area contributed by atoms with Crippen molar-refractivity contribution in [3.63, 3.8) is 0 Å². The summed E-state index contributed by atoms with van der Waals surface area (Å²) in [5, 5.41) is 13.2. The van der Waals surface area contributed by atoms with Gasteiger partial charge in [0.2, 0.25) is 11.8 Å². The van der Waals surface area contributed by atoms with Crippen LogP contribution < -0.4 is 11.1 Å². The van der Waals surface area contributed by atoms with E-state index < -0.39 is 12.0 Å². The van der Waals surface area contributed by atoms with E-state index in [1.165, 1.54) is 6.08 Å². The minimum Gasteiger partial charge on any atom is -0.387 e. The number of benzene rings is 2. The summed E-state index contributed by atoms with van der Waals surface area (Å²) < 4.78 is 0. The molecule has 0 aliphatic heterocycles. The van der Waals surface area contributed by atoms with Crippen LogP contribution in [-0.4, -0.2) is 23.5 Å². The third-order valence-electron chi connectivity index (χ3n) is 3.35. The van der Waals surface area contributed by atoms with Crippen molar-refractivity contribution in [2.45, 2.75) is 6.10 Å². The Morgan fingerprint density at radius 3 is 2.33 bits per heavy atom. The molecule has 6 heteroatoms. The summed E-state index contributed by atoms with van der Waals surface area (Å²) in [4.78, 5) is 22.7. The Labute approximate surface area is 144 Å². The van der Waals surface area contributed by atoms with Crippen molar-refractivity contribution >= 4 is 29.5 Å². The van der Waals surface area contributed by atoms with E-state index in [0.717, 1.165) is 5.56 Å². The lowest BCUT2D eigenvalue weighted by Gasteiger charge is -2.11. The summed E-state index contributed by atoms with van der Waals surface area (Å²) in [6.07, 6.45) is 2.15. The normalized spacial score (nSPS) is 12.1. The predicted molar refractivity (Wildman–Crippen MR) is 93.4 cm³/mol. The average molecular weight is 345 g/mol. The van der Waals surface area contributed by atoms with Gasteiger partial charge < -0.3 is 16.2 Å². The number of aliphatic hydroxyl groups excluding tert-OH is 1. The lowest BCUT2D eigenvalue weighted by Crippen LogP contribution is -2.26. The zero-order chi connectivity index (χ0) is 17.5. The van der Waals surface area contributed by atoms with Crippen molar-refractivity contribution in [3.8, 4) is 0 Å². The largest absolute Gasteiger partial charge is 0.387 e. The molecule has 124 valence electrons.